The second-order valence-electron chi connectivity index (χ2n) is 2.52. The maximum Gasteiger partial charge on any atom is 0.181 e. The van der Waals surface area contributed by atoms with Gasteiger partial charge in [-0.25, -0.2) is 0 Å². The summed E-state index contributed by atoms with van der Waals surface area (Å²) >= 11 is 0. The normalized spacial score (nSPS) is 9.00. The van der Waals surface area contributed by atoms with Crippen molar-refractivity contribution in [3.8, 4) is 12.1 Å². The third kappa shape index (κ3) is 8.02. The van der Waals surface area contributed by atoms with Crippen LogP contribution in [-0.2, 0) is 0 Å². The van der Waals surface area contributed by atoms with Crippen LogP contribution in [0.25, 0.3) is 6.08 Å². The third-order valence-corrected chi connectivity index (χ3v) is 1.44. The van der Waals surface area contributed by atoms with E-state index in [-0.39, 0.29) is 0 Å². The highest BCUT2D eigenvalue weighted by molar-refractivity contribution is 5.50. The van der Waals surface area contributed by atoms with Crippen LogP contribution < -0.4 is 0 Å². The Morgan fingerprint density at radius 1 is 1.00 bits per heavy atom. The first-order valence-electron chi connectivity index (χ1n) is 4.47. The Morgan fingerprint density at radius 2 is 1.60 bits per heavy atom. The molecule has 0 bridgehead atoms. The van der Waals surface area contributed by atoms with E-state index in [2.05, 4.69) is 18.2 Å². The Balaban J connectivity index is 0.000000423. The van der Waals surface area contributed by atoms with E-state index in [0.29, 0.717) is 0 Å². The van der Waals surface area contributed by atoms with Crippen molar-refractivity contribution in [3.63, 3.8) is 0 Å². The van der Waals surface area contributed by atoms with Crippen LogP contribution in [0.3, 0.4) is 0 Å². The molecule has 0 aliphatic carbocycles. The van der Waals surface area contributed by atoms with Gasteiger partial charge < -0.3 is 0 Å². The lowest BCUT2D eigenvalue weighted by molar-refractivity contribution is 1.49. The van der Waals surface area contributed by atoms with Gasteiger partial charge in [-0.2, -0.15) is 10.5 Å². The molecule has 0 unspecified atom stereocenters. The highest BCUT2D eigenvalue weighted by Gasteiger charge is 1.78. The fraction of sp³-hybridized carbons (Fsp3) is 0.0769. The van der Waals surface area contributed by atoms with Crippen LogP contribution in [0.5, 0.6) is 0 Å². The van der Waals surface area contributed by atoms with Gasteiger partial charge in [0, 0.05) is 0 Å². The molecule has 1 aromatic rings. The molecule has 0 N–H and O–H groups in total. The molecule has 0 saturated heterocycles. The summed E-state index contributed by atoms with van der Waals surface area (Å²) in [5, 5.41) is 14.5. The molecule has 74 valence electrons. The van der Waals surface area contributed by atoms with Crippen LogP contribution in [0.1, 0.15) is 12.5 Å². The van der Waals surface area contributed by atoms with Crippen molar-refractivity contribution >= 4 is 6.08 Å². The monoisotopic (exact) mass is 196 g/mol. The van der Waals surface area contributed by atoms with E-state index in [9.17, 15) is 0 Å². The summed E-state index contributed by atoms with van der Waals surface area (Å²) in [6.07, 6.45) is 8.15. The Morgan fingerprint density at radius 3 is 2.07 bits per heavy atom. The molecule has 0 atom stereocenters. The molecule has 0 aromatic heterocycles. The van der Waals surface area contributed by atoms with Crippen molar-refractivity contribution in [1.82, 2.24) is 0 Å². The van der Waals surface area contributed by atoms with E-state index >= 15 is 0 Å². The van der Waals surface area contributed by atoms with E-state index < -0.39 is 0 Å². The summed E-state index contributed by atoms with van der Waals surface area (Å²) in [6, 6.07) is 12.7. The van der Waals surface area contributed by atoms with Gasteiger partial charge in [0.15, 0.2) is 12.1 Å². The zero-order valence-electron chi connectivity index (χ0n) is 8.59. The molecule has 1 rings (SSSR count). The second kappa shape index (κ2) is 9.77. The van der Waals surface area contributed by atoms with Crippen LogP contribution in [0.2, 0.25) is 0 Å². The summed E-state index contributed by atoms with van der Waals surface area (Å²) < 4.78 is 0. The average Bonchev–Trinajstić information content (AvgIpc) is 2.31. The average molecular weight is 196 g/mol. The highest BCUT2D eigenvalue weighted by Crippen LogP contribution is 2.00. The first-order valence-corrected chi connectivity index (χ1v) is 4.47. The summed E-state index contributed by atoms with van der Waals surface area (Å²) in [5.41, 5.74) is 1.24. The van der Waals surface area contributed by atoms with Gasteiger partial charge in [-0.1, -0.05) is 54.6 Å². The first kappa shape index (κ1) is 12.7. The Hall–Kier alpha value is -2.32. The fourth-order valence-electron chi connectivity index (χ4n) is 0.842. The standard InChI is InChI=1S/C11H12.C2N2/c1-2-3-5-8-11-9-6-4-7-10-11;3-1-2-4/h2-10H,1H3;. The minimum absolute atomic E-state index is 1.24. The molecule has 0 amide bonds. The van der Waals surface area contributed by atoms with Crippen LogP contribution in [0, 0.1) is 22.7 Å². The SMILES string of the molecule is CC=CC=Cc1ccccc1.N#CC#N. The molecule has 0 radical (unpaired) electrons. The highest BCUT2D eigenvalue weighted by atomic mass is 14.3. The number of nitriles is 2. The molecule has 15 heavy (non-hydrogen) atoms. The molecule has 0 aliphatic rings. The second-order valence-corrected chi connectivity index (χ2v) is 2.52. The first-order chi connectivity index (χ1) is 7.35. The molecular weight excluding hydrogens is 184 g/mol. The summed E-state index contributed by atoms with van der Waals surface area (Å²) in [7, 11) is 0. The smallest absolute Gasteiger partial charge is 0.181 e. The van der Waals surface area contributed by atoms with Gasteiger partial charge in [0.2, 0.25) is 0 Å². The van der Waals surface area contributed by atoms with Crippen molar-refractivity contribution in [1.29, 1.82) is 10.5 Å². The van der Waals surface area contributed by atoms with E-state index in [1.807, 2.05) is 43.4 Å². The van der Waals surface area contributed by atoms with E-state index in [4.69, 9.17) is 10.5 Å². The van der Waals surface area contributed by atoms with E-state index in [1.54, 1.807) is 0 Å². The van der Waals surface area contributed by atoms with Gasteiger partial charge in [0.25, 0.3) is 0 Å². The van der Waals surface area contributed by atoms with Gasteiger partial charge in [-0.05, 0) is 12.5 Å². The molecule has 0 heterocycles. The van der Waals surface area contributed by atoms with Crippen molar-refractivity contribution in [2.75, 3.05) is 0 Å². The van der Waals surface area contributed by atoms with Crippen molar-refractivity contribution in [2.45, 2.75) is 6.92 Å². The van der Waals surface area contributed by atoms with Crippen molar-refractivity contribution in [3.05, 3.63) is 54.1 Å². The fourth-order valence-corrected chi connectivity index (χ4v) is 0.842. The predicted octanol–water partition coefficient (Wildman–Crippen LogP) is 3.31. The summed E-state index contributed by atoms with van der Waals surface area (Å²) in [6.45, 7) is 2.01. The van der Waals surface area contributed by atoms with Gasteiger partial charge in [0.05, 0.1) is 0 Å². The zero-order valence-corrected chi connectivity index (χ0v) is 8.59. The van der Waals surface area contributed by atoms with Crippen LogP contribution >= 0.6 is 0 Å². The van der Waals surface area contributed by atoms with Crippen LogP contribution in [0.15, 0.2) is 48.6 Å². The van der Waals surface area contributed by atoms with Crippen molar-refractivity contribution in [2.24, 2.45) is 0 Å². The number of hydrogen-bond donors (Lipinski definition) is 0. The van der Waals surface area contributed by atoms with Gasteiger partial charge >= 0.3 is 0 Å². The van der Waals surface area contributed by atoms with Gasteiger partial charge in [0.1, 0.15) is 0 Å². The predicted molar refractivity (Wildman–Crippen MR) is 61.5 cm³/mol. The third-order valence-electron chi connectivity index (χ3n) is 1.44. The molecular formula is C13H12N2. The number of benzene rings is 1. The minimum atomic E-state index is 1.24. The Bertz CT molecular complexity index is 377. The lowest BCUT2D eigenvalue weighted by Gasteiger charge is -1.87. The molecule has 0 fully saturated rings. The minimum Gasteiger partial charge on any atom is -0.181 e. The number of rotatable bonds is 2. The maximum atomic E-state index is 7.26. The van der Waals surface area contributed by atoms with Crippen molar-refractivity contribution < 1.29 is 0 Å². The largest absolute Gasteiger partial charge is 0.181 e. The van der Waals surface area contributed by atoms with E-state index in [0.717, 1.165) is 0 Å². The lowest BCUT2D eigenvalue weighted by atomic mass is 10.2. The Kier molecular flexibility index (Phi) is 8.26. The molecule has 0 saturated carbocycles. The summed E-state index contributed by atoms with van der Waals surface area (Å²) in [5.74, 6) is 0. The zero-order chi connectivity index (χ0) is 11.4. The number of allylic oxidation sites excluding steroid dienone is 3. The van der Waals surface area contributed by atoms with E-state index in [1.165, 1.54) is 17.7 Å². The topological polar surface area (TPSA) is 47.6 Å². The van der Waals surface area contributed by atoms with Gasteiger partial charge in [-0.15, -0.1) is 0 Å². The summed E-state index contributed by atoms with van der Waals surface area (Å²) in [4.78, 5) is 0. The maximum absolute atomic E-state index is 7.26. The number of nitrogens with zero attached hydrogens (tertiary/aromatic N) is 2. The quantitative estimate of drug-likeness (QED) is 0.681. The molecule has 0 spiro atoms. The molecule has 2 heteroatoms. The lowest BCUT2D eigenvalue weighted by Crippen LogP contribution is -1.66. The molecule has 0 aliphatic heterocycles. The van der Waals surface area contributed by atoms with Gasteiger partial charge in [-0.3, -0.25) is 0 Å². The van der Waals surface area contributed by atoms with Crippen LogP contribution in [0.4, 0.5) is 0 Å². The van der Waals surface area contributed by atoms with Crippen LogP contribution in [-0.4, -0.2) is 0 Å². The molecule has 2 nitrogen and oxygen atoms in total. The number of hydrogen-bond acceptors (Lipinski definition) is 2. The molecule has 1 aromatic carbocycles. The Labute approximate surface area is 90.4 Å².